The third-order valence-electron chi connectivity index (χ3n) is 1.87. The van der Waals surface area contributed by atoms with Gasteiger partial charge in [-0.15, -0.1) is 0 Å². The Morgan fingerprint density at radius 3 is 2.86 bits per heavy atom. The van der Waals surface area contributed by atoms with Crippen LogP contribution < -0.4 is 0 Å². The molecule has 0 saturated heterocycles. The fourth-order valence-electron chi connectivity index (χ4n) is 1.22. The third-order valence-corrected chi connectivity index (χ3v) is 2.37. The number of hydrogen-bond acceptors (Lipinski definition) is 3. The first kappa shape index (κ1) is 9.36. The molecule has 0 bridgehead atoms. The summed E-state index contributed by atoms with van der Waals surface area (Å²) < 4.78 is 2.02. The molecule has 2 aromatic rings. The zero-order chi connectivity index (χ0) is 10.1. The van der Waals surface area contributed by atoms with E-state index in [1.807, 2.05) is 19.1 Å². The van der Waals surface area contributed by atoms with Gasteiger partial charge in [-0.1, -0.05) is 21.9 Å². The molecule has 0 unspecified atom stereocenters. The van der Waals surface area contributed by atoms with Crippen molar-refractivity contribution in [1.29, 1.82) is 0 Å². The number of tetrazole rings is 1. The third kappa shape index (κ3) is 1.56. The summed E-state index contributed by atoms with van der Waals surface area (Å²) in [5.41, 5.74) is 1.92. The van der Waals surface area contributed by atoms with Crippen LogP contribution >= 0.6 is 23.8 Å². The molecule has 4 nitrogen and oxygen atoms in total. The molecule has 0 aliphatic heterocycles. The van der Waals surface area contributed by atoms with Crippen molar-refractivity contribution in [2.45, 2.75) is 6.92 Å². The molecule has 1 aromatic carbocycles. The van der Waals surface area contributed by atoms with E-state index in [0.29, 0.717) is 9.79 Å². The Kier molecular flexibility index (Phi) is 2.35. The summed E-state index contributed by atoms with van der Waals surface area (Å²) in [4.78, 5) is 0. The van der Waals surface area contributed by atoms with Gasteiger partial charge in [0.05, 0.1) is 5.69 Å². The van der Waals surface area contributed by atoms with Gasteiger partial charge in [-0.3, -0.25) is 0 Å². The van der Waals surface area contributed by atoms with Gasteiger partial charge in [0.25, 0.3) is 0 Å². The normalized spacial score (nSPS) is 10.4. The van der Waals surface area contributed by atoms with Crippen molar-refractivity contribution < 1.29 is 0 Å². The predicted octanol–water partition coefficient (Wildman–Crippen LogP) is 2.29. The average Bonchev–Trinajstić information content (AvgIpc) is 2.52. The van der Waals surface area contributed by atoms with Crippen molar-refractivity contribution in [2.24, 2.45) is 0 Å². The number of rotatable bonds is 1. The van der Waals surface area contributed by atoms with Gasteiger partial charge in [0, 0.05) is 5.02 Å². The van der Waals surface area contributed by atoms with Crippen molar-refractivity contribution in [3.63, 3.8) is 0 Å². The lowest BCUT2D eigenvalue weighted by Gasteiger charge is -2.04. The van der Waals surface area contributed by atoms with Gasteiger partial charge in [-0.2, -0.15) is 5.21 Å². The van der Waals surface area contributed by atoms with Gasteiger partial charge < -0.3 is 0 Å². The maximum atomic E-state index is 5.84. The van der Waals surface area contributed by atoms with E-state index < -0.39 is 0 Å². The molecule has 0 radical (unpaired) electrons. The molecule has 6 heteroatoms. The van der Waals surface area contributed by atoms with Gasteiger partial charge in [-0.25, -0.2) is 4.68 Å². The lowest BCUT2D eigenvalue weighted by atomic mass is 10.2. The van der Waals surface area contributed by atoms with Crippen LogP contribution in [-0.4, -0.2) is 20.2 Å². The number of aromatic amines is 1. The number of halogens is 1. The molecule has 0 spiro atoms. The lowest BCUT2D eigenvalue weighted by Crippen LogP contribution is -1.99. The molecule has 14 heavy (non-hydrogen) atoms. The smallest absolute Gasteiger partial charge is 0.209 e. The second kappa shape index (κ2) is 3.51. The minimum atomic E-state index is 0.399. The largest absolute Gasteiger partial charge is 0.242 e. The standard InChI is InChI=1S/C8H7ClN4S/c1-5-4-6(9)2-3-7(5)13-8(14)10-11-12-13/h2-4H,1H3,(H,10,12,14). The molecule has 0 saturated carbocycles. The number of nitrogens with one attached hydrogen (secondary N) is 1. The summed E-state index contributed by atoms with van der Waals surface area (Å²) in [6.07, 6.45) is 0. The highest BCUT2D eigenvalue weighted by atomic mass is 35.5. The van der Waals surface area contributed by atoms with E-state index in [1.165, 1.54) is 0 Å². The van der Waals surface area contributed by atoms with Gasteiger partial charge in [-0.05, 0) is 42.9 Å². The molecule has 2 rings (SSSR count). The van der Waals surface area contributed by atoms with Crippen LogP contribution in [0.4, 0.5) is 0 Å². The monoisotopic (exact) mass is 226 g/mol. The molecular formula is C8H7ClN4S. The Morgan fingerprint density at radius 2 is 2.29 bits per heavy atom. The fourth-order valence-corrected chi connectivity index (χ4v) is 1.63. The molecule has 1 N–H and O–H groups in total. The van der Waals surface area contributed by atoms with E-state index >= 15 is 0 Å². The first-order valence-corrected chi connectivity index (χ1v) is 4.74. The van der Waals surface area contributed by atoms with Crippen molar-refractivity contribution in [3.8, 4) is 5.69 Å². The molecule has 0 atom stereocenters. The molecule has 0 aliphatic rings. The molecule has 0 amide bonds. The predicted molar refractivity (Wildman–Crippen MR) is 56.3 cm³/mol. The second-order valence-electron chi connectivity index (χ2n) is 2.85. The Hall–Kier alpha value is -1.20. The summed E-state index contributed by atoms with van der Waals surface area (Å²) in [6, 6.07) is 5.53. The molecule has 1 aromatic heterocycles. The Morgan fingerprint density at radius 1 is 1.50 bits per heavy atom. The van der Waals surface area contributed by atoms with Crippen LogP contribution in [0, 0.1) is 11.7 Å². The number of hydrogen-bond donors (Lipinski definition) is 1. The Balaban J connectivity index is 2.63. The fraction of sp³-hybridized carbons (Fsp3) is 0.125. The molecular weight excluding hydrogens is 220 g/mol. The Bertz CT molecular complexity index is 516. The van der Waals surface area contributed by atoms with E-state index in [9.17, 15) is 0 Å². The van der Waals surface area contributed by atoms with E-state index in [-0.39, 0.29) is 0 Å². The zero-order valence-electron chi connectivity index (χ0n) is 7.36. The summed E-state index contributed by atoms with van der Waals surface area (Å²) in [5, 5.41) is 10.7. The van der Waals surface area contributed by atoms with Gasteiger partial charge >= 0.3 is 0 Å². The van der Waals surface area contributed by atoms with Crippen LogP contribution in [0.5, 0.6) is 0 Å². The van der Waals surface area contributed by atoms with E-state index in [4.69, 9.17) is 23.8 Å². The summed E-state index contributed by atoms with van der Waals surface area (Å²) in [7, 11) is 0. The van der Waals surface area contributed by atoms with Crippen LogP contribution in [0.1, 0.15) is 5.56 Å². The van der Waals surface area contributed by atoms with Gasteiger partial charge in [0.15, 0.2) is 0 Å². The van der Waals surface area contributed by atoms with Crippen LogP contribution in [0.3, 0.4) is 0 Å². The quantitative estimate of drug-likeness (QED) is 0.759. The topological polar surface area (TPSA) is 46.5 Å². The first-order valence-electron chi connectivity index (χ1n) is 3.95. The minimum Gasteiger partial charge on any atom is -0.209 e. The number of benzene rings is 1. The molecule has 72 valence electrons. The van der Waals surface area contributed by atoms with Crippen LogP contribution in [0.2, 0.25) is 5.02 Å². The summed E-state index contributed by atoms with van der Waals surface area (Å²) >= 11 is 10.8. The molecule has 0 fully saturated rings. The maximum Gasteiger partial charge on any atom is 0.242 e. The van der Waals surface area contributed by atoms with Crippen molar-refractivity contribution >= 4 is 23.8 Å². The molecule has 1 heterocycles. The number of H-pyrrole nitrogens is 1. The Labute approximate surface area is 90.5 Å². The van der Waals surface area contributed by atoms with E-state index in [2.05, 4.69) is 15.5 Å². The van der Waals surface area contributed by atoms with Crippen LogP contribution in [-0.2, 0) is 0 Å². The van der Waals surface area contributed by atoms with Crippen LogP contribution in [0.25, 0.3) is 5.69 Å². The van der Waals surface area contributed by atoms with Crippen molar-refractivity contribution in [3.05, 3.63) is 33.6 Å². The highest BCUT2D eigenvalue weighted by Gasteiger charge is 2.03. The zero-order valence-corrected chi connectivity index (χ0v) is 8.93. The first-order chi connectivity index (χ1) is 6.68. The van der Waals surface area contributed by atoms with E-state index in [1.54, 1.807) is 10.7 Å². The van der Waals surface area contributed by atoms with Gasteiger partial charge in [0.2, 0.25) is 4.77 Å². The average molecular weight is 227 g/mol. The number of aromatic nitrogens is 4. The van der Waals surface area contributed by atoms with Crippen LogP contribution in [0.15, 0.2) is 18.2 Å². The summed E-state index contributed by atoms with van der Waals surface area (Å²) in [6.45, 7) is 1.95. The van der Waals surface area contributed by atoms with Crippen molar-refractivity contribution in [1.82, 2.24) is 20.2 Å². The number of aryl methyl sites for hydroxylation is 1. The highest BCUT2D eigenvalue weighted by Crippen LogP contribution is 2.17. The second-order valence-corrected chi connectivity index (χ2v) is 3.65. The SMILES string of the molecule is Cc1cc(Cl)ccc1-n1[nH]nnc1=S. The summed E-state index contributed by atoms with van der Waals surface area (Å²) in [5.74, 6) is 0. The molecule has 0 aliphatic carbocycles. The van der Waals surface area contributed by atoms with E-state index in [0.717, 1.165) is 11.3 Å². The number of nitrogens with zero attached hydrogens (tertiary/aromatic N) is 3. The minimum absolute atomic E-state index is 0.399. The van der Waals surface area contributed by atoms with Gasteiger partial charge in [0.1, 0.15) is 0 Å². The highest BCUT2D eigenvalue weighted by molar-refractivity contribution is 7.71. The maximum absolute atomic E-state index is 5.84. The lowest BCUT2D eigenvalue weighted by molar-refractivity contribution is 0.782. The van der Waals surface area contributed by atoms with Crippen molar-refractivity contribution in [2.75, 3.05) is 0 Å².